The smallest absolute Gasteiger partial charge is 0.246 e. The lowest BCUT2D eigenvalue weighted by atomic mass is 9.66. The number of aliphatic hydroxyl groups excluding tert-OH is 1. The molecule has 0 saturated carbocycles. The van der Waals surface area contributed by atoms with E-state index in [1.165, 1.54) is 0 Å². The van der Waals surface area contributed by atoms with Crippen molar-refractivity contribution >= 4 is 23.4 Å². The Morgan fingerprint density at radius 1 is 1.03 bits per heavy atom. The summed E-state index contributed by atoms with van der Waals surface area (Å²) in [7, 11) is 0. The van der Waals surface area contributed by atoms with Crippen LogP contribution in [0, 0.1) is 11.8 Å². The van der Waals surface area contributed by atoms with Crippen molar-refractivity contribution in [3.05, 3.63) is 66.2 Å². The summed E-state index contributed by atoms with van der Waals surface area (Å²) < 4.78 is 6.60. The van der Waals surface area contributed by atoms with Crippen LogP contribution in [-0.4, -0.2) is 58.1 Å². The van der Waals surface area contributed by atoms with Gasteiger partial charge in [-0.2, -0.15) is 0 Å². The number of nitrogens with zero attached hydrogens (tertiary/aromatic N) is 1. The highest BCUT2D eigenvalue weighted by Crippen LogP contribution is 2.63. The van der Waals surface area contributed by atoms with Crippen LogP contribution >= 0.6 is 0 Å². The number of hydrogen-bond donors (Lipinski definition) is 3. The van der Waals surface area contributed by atoms with E-state index in [1.807, 2.05) is 67.6 Å². The fourth-order valence-electron chi connectivity index (χ4n) is 6.38. The van der Waals surface area contributed by atoms with Crippen molar-refractivity contribution in [1.29, 1.82) is 0 Å². The third-order valence-corrected chi connectivity index (χ3v) is 7.97. The first-order valence-corrected chi connectivity index (χ1v) is 12.7. The molecule has 2 bridgehead atoms. The zero-order chi connectivity index (χ0) is 25.3. The first-order chi connectivity index (χ1) is 17.4. The Balaban J connectivity index is 1.44. The van der Waals surface area contributed by atoms with Crippen LogP contribution < -0.4 is 10.6 Å². The second kappa shape index (κ2) is 9.67. The van der Waals surface area contributed by atoms with Crippen molar-refractivity contribution in [2.75, 3.05) is 18.5 Å². The summed E-state index contributed by atoms with van der Waals surface area (Å²) in [6, 6.07) is 17.9. The first kappa shape index (κ1) is 24.5. The van der Waals surface area contributed by atoms with E-state index in [-0.39, 0.29) is 24.3 Å². The topological polar surface area (TPSA) is 108 Å². The molecular formula is C28H33N3O5. The number of aliphatic hydroxyl groups is 1. The molecule has 1 spiro atoms. The number of anilines is 1. The van der Waals surface area contributed by atoms with Gasteiger partial charge in [0.05, 0.1) is 17.4 Å². The van der Waals surface area contributed by atoms with Crippen molar-refractivity contribution in [3.63, 3.8) is 0 Å². The number of hydrogen-bond acceptors (Lipinski definition) is 5. The summed E-state index contributed by atoms with van der Waals surface area (Å²) in [5.41, 5.74) is -0.260. The molecular weight excluding hydrogens is 458 g/mol. The Morgan fingerprint density at radius 2 is 1.72 bits per heavy atom. The van der Waals surface area contributed by atoms with Gasteiger partial charge >= 0.3 is 0 Å². The van der Waals surface area contributed by atoms with E-state index >= 15 is 0 Å². The molecule has 3 N–H and O–H groups in total. The quantitative estimate of drug-likeness (QED) is 0.467. The van der Waals surface area contributed by atoms with Gasteiger partial charge in [-0.3, -0.25) is 14.4 Å². The number of para-hydroxylation sites is 1. The minimum atomic E-state index is -1.05. The number of unbranched alkanes of at least 4 members (excludes halogenated alkanes) is 1. The Kier molecular flexibility index (Phi) is 6.57. The van der Waals surface area contributed by atoms with Gasteiger partial charge in [-0.05, 0) is 50.3 Å². The standard InChI is InChI=1S/C28H33N3O5/c1-27-14-15-28(36-27)22(21(27)24(33)30-20-12-6-3-7-13-20)26(35)31(16-8-9-17-32)23(28)25(34)29-18-19-10-4-2-5-11-19/h2-7,10-13,21-23,32H,8-9,14-18H2,1H3,(H,29,34)(H,30,33)/t21-,22+,23?,27+,28?/m1/s1. The van der Waals surface area contributed by atoms with Gasteiger partial charge in [-0.25, -0.2) is 0 Å². The summed E-state index contributed by atoms with van der Waals surface area (Å²) in [6.45, 7) is 2.56. The van der Waals surface area contributed by atoms with Crippen molar-refractivity contribution in [3.8, 4) is 0 Å². The number of likely N-dealkylation sites (tertiary alicyclic amines) is 1. The van der Waals surface area contributed by atoms with Gasteiger partial charge in [0.2, 0.25) is 17.7 Å². The van der Waals surface area contributed by atoms with E-state index in [2.05, 4.69) is 10.6 Å². The van der Waals surface area contributed by atoms with Crippen molar-refractivity contribution in [2.24, 2.45) is 11.8 Å². The molecule has 8 nitrogen and oxygen atoms in total. The summed E-state index contributed by atoms with van der Waals surface area (Å²) in [5.74, 6) is -2.19. The molecule has 190 valence electrons. The summed E-state index contributed by atoms with van der Waals surface area (Å²) in [6.07, 6.45) is 2.22. The molecule has 8 heteroatoms. The highest BCUT2D eigenvalue weighted by molar-refractivity contribution is 6.02. The minimum Gasteiger partial charge on any atom is -0.396 e. The van der Waals surface area contributed by atoms with Gasteiger partial charge in [0, 0.05) is 25.4 Å². The predicted octanol–water partition coefficient (Wildman–Crippen LogP) is 2.48. The Morgan fingerprint density at radius 3 is 2.42 bits per heavy atom. The molecule has 3 aliphatic heterocycles. The number of carbonyl (C=O) groups excluding carboxylic acids is 3. The normalized spacial score (nSPS) is 30.3. The lowest BCUT2D eigenvalue weighted by Gasteiger charge is -2.33. The number of fused-ring (bicyclic) bond motifs is 1. The van der Waals surface area contributed by atoms with E-state index in [0.717, 1.165) is 5.56 Å². The molecule has 3 aliphatic rings. The maximum absolute atomic E-state index is 13.9. The number of rotatable bonds is 9. The zero-order valence-corrected chi connectivity index (χ0v) is 20.5. The van der Waals surface area contributed by atoms with Crippen molar-refractivity contribution in [1.82, 2.24) is 10.2 Å². The maximum Gasteiger partial charge on any atom is 0.246 e. The predicted molar refractivity (Wildman–Crippen MR) is 134 cm³/mol. The molecule has 2 unspecified atom stereocenters. The number of ether oxygens (including phenoxy) is 1. The molecule has 2 aromatic rings. The van der Waals surface area contributed by atoms with Gasteiger partial charge in [0.15, 0.2) is 0 Å². The van der Waals surface area contributed by atoms with Crippen molar-refractivity contribution < 1.29 is 24.2 Å². The second-order valence-electron chi connectivity index (χ2n) is 10.2. The monoisotopic (exact) mass is 491 g/mol. The maximum atomic E-state index is 13.9. The molecule has 3 saturated heterocycles. The molecule has 0 aromatic heterocycles. The van der Waals surface area contributed by atoms with Crippen LogP contribution in [0.25, 0.3) is 0 Å². The molecule has 5 rings (SSSR count). The highest BCUT2D eigenvalue weighted by atomic mass is 16.5. The molecule has 3 fully saturated rings. The van der Waals surface area contributed by atoms with E-state index in [0.29, 0.717) is 44.5 Å². The fourth-order valence-corrected chi connectivity index (χ4v) is 6.38. The van der Waals surface area contributed by atoms with Crippen LogP contribution in [0.5, 0.6) is 0 Å². The first-order valence-electron chi connectivity index (χ1n) is 12.7. The van der Waals surface area contributed by atoms with Gasteiger partial charge in [0.1, 0.15) is 11.6 Å². The summed E-state index contributed by atoms with van der Waals surface area (Å²) >= 11 is 0. The van der Waals surface area contributed by atoms with Crippen LogP contribution in [-0.2, 0) is 25.7 Å². The SMILES string of the molecule is C[C@@]12CCC3(O1)C(C(=O)NCc1ccccc1)N(CCCCO)C(=O)[C@@H]3[C@@H]2C(=O)Nc1ccccc1. The van der Waals surface area contributed by atoms with E-state index in [4.69, 9.17) is 4.74 Å². The van der Waals surface area contributed by atoms with E-state index in [9.17, 15) is 19.5 Å². The average molecular weight is 492 g/mol. The van der Waals surface area contributed by atoms with E-state index in [1.54, 1.807) is 4.90 Å². The lowest BCUT2D eigenvalue weighted by Crippen LogP contribution is -2.55. The number of benzene rings is 2. The van der Waals surface area contributed by atoms with Crippen LogP contribution in [0.2, 0.25) is 0 Å². The number of carbonyl (C=O) groups is 3. The molecule has 3 amide bonds. The zero-order valence-electron chi connectivity index (χ0n) is 20.5. The average Bonchev–Trinajstić information content (AvgIpc) is 3.45. The van der Waals surface area contributed by atoms with Crippen LogP contribution in [0.3, 0.4) is 0 Å². The van der Waals surface area contributed by atoms with Gasteiger partial charge in [-0.1, -0.05) is 48.5 Å². The molecule has 0 radical (unpaired) electrons. The van der Waals surface area contributed by atoms with Crippen molar-refractivity contribution in [2.45, 2.75) is 56.4 Å². The van der Waals surface area contributed by atoms with Gasteiger partial charge in [-0.15, -0.1) is 0 Å². The summed E-state index contributed by atoms with van der Waals surface area (Å²) in [4.78, 5) is 42.7. The van der Waals surface area contributed by atoms with E-state index < -0.39 is 29.1 Å². The largest absolute Gasteiger partial charge is 0.396 e. The molecule has 0 aliphatic carbocycles. The molecule has 5 atom stereocenters. The third kappa shape index (κ3) is 4.08. The number of amides is 3. The highest BCUT2D eigenvalue weighted by Gasteiger charge is 2.77. The van der Waals surface area contributed by atoms with Gasteiger partial charge < -0.3 is 25.4 Å². The molecule has 2 aromatic carbocycles. The second-order valence-corrected chi connectivity index (χ2v) is 10.2. The third-order valence-electron chi connectivity index (χ3n) is 7.97. The Hall–Kier alpha value is -3.23. The molecule has 3 heterocycles. The minimum absolute atomic E-state index is 0.0121. The Bertz CT molecular complexity index is 1130. The summed E-state index contributed by atoms with van der Waals surface area (Å²) in [5, 5.41) is 15.2. The van der Waals surface area contributed by atoms with Gasteiger partial charge in [0.25, 0.3) is 0 Å². The fraction of sp³-hybridized carbons (Fsp3) is 0.464. The van der Waals surface area contributed by atoms with Crippen LogP contribution in [0.15, 0.2) is 60.7 Å². The molecule has 36 heavy (non-hydrogen) atoms. The number of nitrogens with one attached hydrogen (secondary N) is 2. The Labute approximate surface area is 211 Å². The van der Waals surface area contributed by atoms with Crippen LogP contribution in [0.4, 0.5) is 5.69 Å². The lowest BCUT2D eigenvalue weighted by molar-refractivity contribution is -0.145. The van der Waals surface area contributed by atoms with Crippen LogP contribution in [0.1, 0.15) is 38.2 Å².